The molecule has 0 N–H and O–H groups in total. The lowest BCUT2D eigenvalue weighted by Gasteiger charge is -2.07. The summed E-state index contributed by atoms with van der Waals surface area (Å²) in [5.41, 5.74) is 2.53. The highest BCUT2D eigenvalue weighted by molar-refractivity contribution is 5.81. The summed E-state index contributed by atoms with van der Waals surface area (Å²) in [5.74, 6) is -0.796. The third-order valence-corrected chi connectivity index (χ3v) is 4.45. The van der Waals surface area contributed by atoms with E-state index in [-0.39, 0.29) is 38.0 Å². The number of hydrogen-bond donors (Lipinski definition) is 0. The quantitative estimate of drug-likeness (QED) is 0.211. The molecule has 0 bridgehead atoms. The van der Waals surface area contributed by atoms with Crippen molar-refractivity contribution in [1.29, 1.82) is 5.26 Å². The molecule has 0 saturated carbocycles. The average molecular weight is 435 g/mol. The Morgan fingerprint density at radius 1 is 0.812 bits per heavy atom. The molecule has 7 nitrogen and oxygen atoms in total. The molecule has 0 amide bonds. The molecule has 0 aromatic heterocycles. The standard InChI is InChI=1S/C25H25NO6/c1-2-23(27)30-16-17-31-24(28)6-4-3-5-7-25(29)32-22-14-12-21(13-15-22)20-10-8-19(18-26)9-11-20/h2,8-15H,1,3-7,16-17H2. The Bertz CT molecular complexity index is 957. The first-order valence-corrected chi connectivity index (χ1v) is 10.3. The van der Waals surface area contributed by atoms with Crippen molar-refractivity contribution in [1.82, 2.24) is 0 Å². The normalized spacial score (nSPS) is 9.97. The van der Waals surface area contributed by atoms with Gasteiger partial charge in [-0.1, -0.05) is 37.3 Å². The molecule has 0 unspecified atom stereocenters. The summed E-state index contributed by atoms with van der Waals surface area (Å²) >= 11 is 0. The predicted molar refractivity (Wildman–Crippen MR) is 117 cm³/mol. The number of hydrogen-bond acceptors (Lipinski definition) is 7. The van der Waals surface area contributed by atoms with Crippen molar-refractivity contribution in [2.45, 2.75) is 32.1 Å². The Morgan fingerprint density at radius 2 is 1.38 bits per heavy atom. The highest BCUT2D eigenvalue weighted by atomic mass is 16.6. The lowest BCUT2D eigenvalue weighted by atomic mass is 10.0. The lowest BCUT2D eigenvalue weighted by molar-refractivity contribution is -0.149. The van der Waals surface area contributed by atoms with Crippen LogP contribution in [0.4, 0.5) is 0 Å². The van der Waals surface area contributed by atoms with E-state index in [2.05, 4.69) is 12.6 Å². The molecule has 0 radical (unpaired) electrons. The first kappa shape index (κ1) is 24.4. The Hall–Kier alpha value is -3.92. The van der Waals surface area contributed by atoms with Crippen LogP contribution in [0.3, 0.4) is 0 Å². The topological polar surface area (TPSA) is 103 Å². The van der Waals surface area contributed by atoms with Gasteiger partial charge in [0.2, 0.25) is 0 Å². The molecule has 2 rings (SSSR count). The minimum absolute atomic E-state index is 0.00309. The predicted octanol–water partition coefficient (Wildman–Crippen LogP) is 4.35. The van der Waals surface area contributed by atoms with E-state index < -0.39 is 5.97 Å². The highest BCUT2D eigenvalue weighted by Gasteiger charge is 2.07. The van der Waals surface area contributed by atoms with Crippen LogP contribution in [0, 0.1) is 11.3 Å². The van der Waals surface area contributed by atoms with Crippen molar-refractivity contribution in [3.05, 3.63) is 66.7 Å². The first-order valence-electron chi connectivity index (χ1n) is 10.3. The van der Waals surface area contributed by atoms with E-state index in [1.807, 2.05) is 24.3 Å². The molecule has 0 aliphatic rings. The maximum absolute atomic E-state index is 12.0. The van der Waals surface area contributed by atoms with Gasteiger partial charge in [-0.3, -0.25) is 9.59 Å². The Morgan fingerprint density at radius 3 is 1.97 bits per heavy atom. The van der Waals surface area contributed by atoms with E-state index in [4.69, 9.17) is 19.5 Å². The van der Waals surface area contributed by atoms with Crippen LogP contribution in [-0.4, -0.2) is 31.1 Å². The van der Waals surface area contributed by atoms with Gasteiger partial charge < -0.3 is 14.2 Å². The summed E-state index contributed by atoms with van der Waals surface area (Å²) < 4.78 is 15.0. The molecule has 0 spiro atoms. The number of nitriles is 1. The second-order valence-corrected chi connectivity index (χ2v) is 6.84. The number of esters is 3. The number of unbranched alkanes of at least 4 members (excludes halogenated alkanes) is 2. The van der Waals surface area contributed by atoms with Crippen molar-refractivity contribution in [2.75, 3.05) is 13.2 Å². The van der Waals surface area contributed by atoms with Gasteiger partial charge in [0.1, 0.15) is 19.0 Å². The molecule has 32 heavy (non-hydrogen) atoms. The zero-order chi connectivity index (χ0) is 23.2. The molecule has 0 fully saturated rings. The molecule has 0 aliphatic heterocycles. The van der Waals surface area contributed by atoms with Crippen LogP contribution < -0.4 is 4.74 Å². The van der Waals surface area contributed by atoms with E-state index >= 15 is 0 Å². The summed E-state index contributed by atoms with van der Waals surface area (Å²) in [6.07, 6.45) is 3.42. The Balaban J connectivity index is 1.60. The van der Waals surface area contributed by atoms with Crippen LogP contribution in [0.1, 0.15) is 37.7 Å². The van der Waals surface area contributed by atoms with Crippen LogP contribution in [0.5, 0.6) is 5.75 Å². The SMILES string of the molecule is C=CC(=O)OCCOC(=O)CCCCCC(=O)Oc1ccc(-c2ccc(C#N)cc2)cc1. The zero-order valence-electron chi connectivity index (χ0n) is 17.7. The second kappa shape index (κ2) is 13.4. The van der Waals surface area contributed by atoms with Crippen molar-refractivity contribution >= 4 is 17.9 Å². The van der Waals surface area contributed by atoms with Crippen molar-refractivity contribution < 1.29 is 28.6 Å². The molecule has 166 valence electrons. The maximum atomic E-state index is 12.0. The van der Waals surface area contributed by atoms with E-state index in [0.717, 1.165) is 17.2 Å². The van der Waals surface area contributed by atoms with E-state index in [1.165, 1.54) is 0 Å². The molecule has 2 aromatic carbocycles. The molecule has 0 saturated heterocycles. The fourth-order valence-electron chi connectivity index (χ4n) is 2.78. The van der Waals surface area contributed by atoms with Gasteiger partial charge in [0.25, 0.3) is 0 Å². The second-order valence-electron chi connectivity index (χ2n) is 6.84. The Kier molecular flexibility index (Phi) is 10.2. The first-order chi connectivity index (χ1) is 15.5. The summed E-state index contributed by atoms with van der Waals surface area (Å²) in [6, 6.07) is 16.5. The van der Waals surface area contributed by atoms with Gasteiger partial charge in [0.05, 0.1) is 11.6 Å². The van der Waals surface area contributed by atoms with Gasteiger partial charge in [0.15, 0.2) is 0 Å². The van der Waals surface area contributed by atoms with Crippen LogP contribution in [0.25, 0.3) is 11.1 Å². The summed E-state index contributed by atoms with van der Waals surface area (Å²) in [6.45, 7) is 3.27. The fourth-order valence-corrected chi connectivity index (χ4v) is 2.78. The number of carbonyl (C=O) groups excluding carboxylic acids is 3. The molecule has 0 atom stereocenters. The zero-order valence-corrected chi connectivity index (χ0v) is 17.7. The largest absolute Gasteiger partial charge is 0.462 e. The van der Waals surface area contributed by atoms with Crippen LogP contribution in [-0.2, 0) is 23.9 Å². The summed E-state index contributed by atoms with van der Waals surface area (Å²) in [4.78, 5) is 34.4. The third-order valence-electron chi connectivity index (χ3n) is 4.45. The van der Waals surface area contributed by atoms with Crippen LogP contribution in [0.15, 0.2) is 61.2 Å². The third kappa shape index (κ3) is 8.84. The average Bonchev–Trinajstić information content (AvgIpc) is 2.82. The fraction of sp³-hybridized carbons (Fsp3) is 0.280. The molecular formula is C25H25NO6. The molecule has 2 aromatic rings. The van der Waals surface area contributed by atoms with Crippen LogP contribution >= 0.6 is 0 Å². The van der Waals surface area contributed by atoms with Gasteiger partial charge in [-0.15, -0.1) is 0 Å². The minimum Gasteiger partial charge on any atom is -0.462 e. The molecule has 0 heterocycles. The summed E-state index contributed by atoms with van der Waals surface area (Å²) in [5, 5.41) is 8.86. The van der Waals surface area contributed by atoms with Gasteiger partial charge >= 0.3 is 17.9 Å². The highest BCUT2D eigenvalue weighted by Crippen LogP contribution is 2.23. The lowest BCUT2D eigenvalue weighted by Crippen LogP contribution is -2.12. The van der Waals surface area contributed by atoms with Crippen LogP contribution in [0.2, 0.25) is 0 Å². The number of ether oxygens (including phenoxy) is 3. The Labute approximate surface area is 187 Å². The number of carbonyl (C=O) groups is 3. The van der Waals surface area contributed by atoms with Gasteiger partial charge in [0, 0.05) is 18.9 Å². The molecule has 0 aliphatic carbocycles. The van der Waals surface area contributed by atoms with Gasteiger partial charge in [-0.05, 0) is 48.2 Å². The van der Waals surface area contributed by atoms with E-state index in [0.29, 0.717) is 30.6 Å². The number of benzene rings is 2. The van der Waals surface area contributed by atoms with Gasteiger partial charge in [-0.2, -0.15) is 5.26 Å². The van der Waals surface area contributed by atoms with Crippen molar-refractivity contribution in [3.8, 4) is 22.9 Å². The molecular weight excluding hydrogens is 410 g/mol. The van der Waals surface area contributed by atoms with E-state index in [1.54, 1.807) is 24.3 Å². The molecule has 7 heteroatoms. The smallest absolute Gasteiger partial charge is 0.330 e. The summed E-state index contributed by atoms with van der Waals surface area (Å²) in [7, 11) is 0. The maximum Gasteiger partial charge on any atom is 0.330 e. The number of rotatable bonds is 12. The minimum atomic E-state index is -0.560. The van der Waals surface area contributed by atoms with Crippen molar-refractivity contribution in [2.24, 2.45) is 0 Å². The van der Waals surface area contributed by atoms with E-state index in [9.17, 15) is 14.4 Å². The number of nitrogens with zero attached hydrogens (tertiary/aromatic N) is 1. The van der Waals surface area contributed by atoms with Gasteiger partial charge in [-0.25, -0.2) is 4.79 Å². The van der Waals surface area contributed by atoms with Crippen molar-refractivity contribution in [3.63, 3.8) is 0 Å². The monoisotopic (exact) mass is 435 g/mol.